The fourth-order valence-electron chi connectivity index (χ4n) is 4.70. The van der Waals surface area contributed by atoms with E-state index in [0.29, 0.717) is 5.41 Å². The van der Waals surface area contributed by atoms with Crippen molar-refractivity contribution in [2.24, 2.45) is 17.3 Å². The first-order chi connectivity index (χ1) is 8.11. The molecule has 4 unspecified atom stereocenters. The Morgan fingerprint density at radius 1 is 1.29 bits per heavy atom. The zero-order valence-electron chi connectivity index (χ0n) is 11.7. The molecular weight excluding hydrogens is 208 g/mol. The molecule has 3 fully saturated rings. The quantitative estimate of drug-likeness (QED) is 0.792. The van der Waals surface area contributed by atoms with Crippen molar-refractivity contribution >= 4 is 0 Å². The van der Waals surface area contributed by atoms with Gasteiger partial charge in [0.05, 0.1) is 0 Å². The van der Waals surface area contributed by atoms with Gasteiger partial charge in [-0.1, -0.05) is 20.8 Å². The predicted octanol–water partition coefficient (Wildman–Crippen LogP) is 2.49. The van der Waals surface area contributed by atoms with Crippen LogP contribution in [0.1, 0.15) is 46.5 Å². The van der Waals surface area contributed by atoms with E-state index in [1.165, 1.54) is 45.3 Å². The van der Waals surface area contributed by atoms with Crippen LogP contribution >= 0.6 is 0 Å². The van der Waals surface area contributed by atoms with Gasteiger partial charge >= 0.3 is 0 Å². The van der Waals surface area contributed by atoms with Gasteiger partial charge in [-0.3, -0.25) is 4.90 Å². The summed E-state index contributed by atoms with van der Waals surface area (Å²) in [4.78, 5) is 2.89. The van der Waals surface area contributed by atoms with Gasteiger partial charge in [0.1, 0.15) is 0 Å². The second kappa shape index (κ2) is 4.24. The van der Waals surface area contributed by atoms with Crippen molar-refractivity contribution in [1.29, 1.82) is 0 Å². The predicted molar refractivity (Wildman–Crippen MR) is 72.1 cm³/mol. The Balaban J connectivity index is 1.71. The smallest absolute Gasteiger partial charge is 0.0140 e. The van der Waals surface area contributed by atoms with E-state index in [2.05, 4.69) is 31.0 Å². The van der Waals surface area contributed by atoms with Crippen LogP contribution in [0.25, 0.3) is 0 Å². The molecule has 3 aliphatic rings. The highest BCUT2D eigenvalue weighted by atomic mass is 15.2. The summed E-state index contributed by atoms with van der Waals surface area (Å²) < 4.78 is 0. The number of nitrogens with zero attached hydrogens (tertiary/aromatic N) is 1. The lowest BCUT2D eigenvalue weighted by Gasteiger charge is -2.33. The summed E-state index contributed by atoms with van der Waals surface area (Å²) in [5.74, 6) is 1.90. The highest BCUT2D eigenvalue weighted by Gasteiger charge is 2.47. The number of nitrogens with one attached hydrogen (secondary N) is 1. The lowest BCUT2D eigenvalue weighted by atomic mass is 9.91. The van der Waals surface area contributed by atoms with Gasteiger partial charge in [0.15, 0.2) is 0 Å². The van der Waals surface area contributed by atoms with Crippen LogP contribution in [0.5, 0.6) is 0 Å². The third kappa shape index (κ3) is 2.04. The number of hydrogen-bond acceptors (Lipinski definition) is 2. The molecule has 0 bridgehead atoms. The lowest BCUT2D eigenvalue weighted by molar-refractivity contribution is 0.148. The minimum absolute atomic E-state index is 0.596. The van der Waals surface area contributed by atoms with Crippen molar-refractivity contribution in [3.8, 4) is 0 Å². The molecule has 1 aliphatic carbocycles. The van der Waals surface area contributed by atoms with Gasteiger partial charge in [-0.15, -0.1) is 0 Å². The van der Waals surface area contributed by atoms with Crippen molar-refractivity contribution in [3.05, 3.63) is 0 Å². The van der Waals surface area contributed by atoms with E-state index >= 15 is 0 Å². The van der Waals surface area contributed by atoms with Crippen LogP contribution in [0.2, 0.25) is 0 Å². The molecular formula is C15H28N2. The standard InChI is InChI=1S/C15H28N2/c1-4-14-13-9-16-8-11(13)10-17(14)12-5-6-15(2,3)7-12/h11-14,16H,4-10H2,1-3H3. The molecule has 0 amide bonds. The molecule has 17 heavy (non-hydrogen) atoms. The Kier molecular flexibility index (Phi) is 2.99. The van der Waals surface area contributed by atoms with E-state index in [4.69, 9.17) is 0 Å². The van der Waals surface area contributed by atoms with E-state index in [1.807, 2.05) is 0 Å². The zero-order chi connectivity index (χ0) is 12.0. The van der Waals surface area contributed by atoms with Crippen molar-refractivity contribution in [2.75, 3.05) is 19.6 Å². The maximum Gasteiger partial charge on any atom is 0.0140 e. The highest BCUT2D eigenvalue weighted by Crippen LogP contribution is 2.44. The third-order valence-corrected chi connectivity index (χ3v) is 5.59. The van der Waals surface area contributed by atoms with Gasteiger partial charge in [0.2, 0.25) is 0 Å². The van der Waals surface area contributed by atoms with E-state index < -0.39 is 0 Å². The summed E-state index contributed by atoms with van der Waals surface area (Å²) in [7, 11) is 0. The SMILES string of the molecule is CCC1C2CNCC2CN1C1CCC(C)(C)C1. The van der Waals surface area contributed by atoms with Crippen molar-refractivity contribution in [2.45, 2.75) is 58.5 Å². The molecule has 0 aromatic rings. The molecule has 2 saturated heterocycles. The molecule has 0 aromatic heterocycles. The molecule has 0 radical (unpaired) electrons. The van der Waals surface area contributed by atoms with Gasteiger partial charge < -0.3 is 5.32 Å². The monoisotopic (exact) mass is 236 g/mol. The van der Waals surface area contributed by atoms with Crippen LogP contribution in [0.4, 0.5) is 0 Å². The Labute approximate surface area is 106 Å². The normalized spacial score (nSPS) is 45.4. The largest absolute Gasteiger partial charge is 0.316 e. The lowest BCUT2D eigenvalue weighted by Crippen LogP contribution is -2.41. The Hall–Kier alpha value is -0.0800. The zero-order valence-corrected chi connectivity index (χ0v) is 11.7. The van der Waals surface area contributed by atoms with Crippen LogP contribution in [-0.4, -0.2) is 36.6 Å². The summed E-state index contributed by atoms with van der Waals surface area (Å²) in [5, 5.41) is 3.59. The summed E-state index contributed by atoms with van der Waals surface area (Å²) in [5.41, 5.74) is 0.596. The topological polar surface area (TPSA) is 15.3 Å². The van der Waals surface area contributed by atoms with E-state index in [9.17, 15) is 0 Å². The first-order valence-electron chi connectivity index (χ1n) is 7.57. The van der Waals surface area contributed by atoms with Gasteiger partial charge in [-0.05, 0) is 56.0 Å². The molecule has 0 spiro atoms. The fraction of sp³-hybridized carbons (Fsp3) is 1.00. The molecule has 2 heteroatoms. The summed E-state index contributed by atoms with van der Waals surface area (Å²) in [6.07, 6.45) is 5.64. The number of rotatable bonds is 2. The summed E-state index contributed by atoms with van der Waals surface area (Å²) >= 11 is 0. The third-order valence-electron chi connectivity index (χ3n) is 5.59. The van der Waals surface area contributed by atoms with Gasteiger partial charge in [0, 0.05) is 18.6 Å². The van der Waals surface area contributed by atoms with Crippen LogP contribution < -0.4 is 5.32 Å². The van der Waals surface area contributed by atoms with Crippen molar-refractivity contribution in [1.82, 2.24) is 10.2 Å². The number of hydrogen-bond donors (Lipinski definition) is 1. The number of likely N-dealkylation sites (tertiary alicyclic amines) is 1. The Morgan fingerprint density at radius 3 is 2.76 bits per heavy atom. The van der Waals surface area contributed by atoms with Gasteiger partial charge in [0.25, 0.3) is 0 Å². The molecule has 0 aromatic carbocycles. The highest BCUT2D eigenvalue weighted by molar-refractivity contribution is 5.02. The average Bonchev–Trinajstić information content (AvgIpc) is 2.89. The van der Waals surface area contributed by atoms with Gasteiger partial charge in [-0.25, -0.2) is 0 Å². The first kappa shape index (κ1) is 12.0. The first-order valence-corrected chi connectivity index (χ1v) is 7.57. The molecule has 3 rings (SSSR count). The van der Waals surface area contributed by atoms with Crippen LogP contribution in [0.15, 0.2) is 0 Å². The van der Waals surface area contributed by atoms with Crippen LogP contribution in [0, 0.1) is 17.3 Å². The number of fused-ring (bicyclic) bond motifs is 1. The van der Waals surface area contributed by atoms with E-state index in [0.717, 1.165) is 23.9 Å². The molecule has 4 atom stereocenters. The van der Waals surface area contributed by atoms with E-state index in [1.54, 1.807) is 0 Å². The average molecular weight is 236 g/mol. The maximum absolute atomic E-state index is 3.59. The summed E-state index contributed by atoms with van der Waals surface area (Å²) in [6, 6.07) is 1.76. The molecule has 2 nitrogen and oxygen atoms in total. The molecule has 98 valence electrons. The summed E-state index contributed by atoms with van der Waals surface area (Å²) in [6.45, 7) is 11.2. The minimum atomic E-state index is 0.596. The minimum Gasteiger partial charge on any atom is -0.316 e. The molecule has 1 N–H and O–H groups in total. The fourth-order valence-corrected chi connectivity index (χ4v) is 4.70. The van der Waals surface area contributed by atoms with Crippen molar-refractivity contribution in [3.63, 3.8) is 0 Å². The molecule has 2 aliphatic heterocycles. The second-order valence-electron chi connectivity index (χ2n) is 7.32. The Bertz CT molecular complexity index is 287. The second-order valence-corrected chi connectivity index (χ2v) is 7.32. The Morgan fingerprint density at radius 2 is 2.12 bits per heavy atom. The van der Waals surface area contributed by atoms with Gasteiger partial charge in [-0.2, -0.15) is 0 Å². The maximum atomic E-state index is 3.59. The van der Waals surface area contributed by atoms with E-state index in [-0.39, 0.29) is 0 Å². The molecule has 1 saturated carbocycles. The van der Waals surface area contributed by atoms with Crippen molar-refractivity contribution < 1.29 is 0 Å². The molecule has 2 heterocycles. The van der Waals surface area contributed by atoms with Crippen LogP contribution in [-0.2, 0) is 0 Å². The van der Waals surface area contributed by atoms with Crippen LogP contribution in [0.3, 0.4) is 0 Å².